The molecule has 3 heteroatoms. The van der Waals surface area contributed by atoms with Crippen molar-refractivity contribution in [2.75, 3.05) is 19.7 Å². The molecule has 0 saturated heterocycles. The van der Waals surface area contributed by atoms with E-state index in [0.29, 0.717) is 18.4 Å². The summed E-state index contributed by atoms with van der Waals surface area (Å²) >= 11 is 0. The van der Waals surface area contributed by atoms with E-state index in [4.69, 9.17) is 4.74 Å². The molecule has 1 N–H and O–H groups in total. The molecule has 0 fully saturated rings. The highest BCUT2D eigenvalue weighted by molar-refractivity contribution is 5.18. The summed E-state index contributed by atoms with van der Waals surface area (Å²) in [5.41, 5.74) is 1.38. The van der Waals surface area contributed by atoms with E-state index in [2.05, 4.69) is 47.6 Å². The van der Waals surface area contributed by atoms with Crippen LogP contribution in [0, 0.1) is 0 Å². The maximum absolute atomic E-state index is 5.55. The van der Waals surface area contributed by atoms with Crippen LogP contribution in [0.15, 0.2) is 54.7 Å². The minimum Gasteiger partial charge on any atom is -0.478 e. The first-order valence-electron chi connectivity index (χ1n) is 7.16. The summed E-state index contributed by atoms with van der Waals surface area (Å²) in [6.07, 6.45) is 2.73. The highest BCUT2D eigenvalue weighted by Crippen LogP contribution is 2.12. The number of rotatable bonds is 8. The number of pyridine rings is 1. The maximum Gasteiger partial charge on any atom is 0.213 e. The number of aromatic nitrogens is 1. The summed E-state index contributed by atoms with van der Waals surface area (Å²) in [7, 11) is 0. The highest BCUT2D eigenvalue weighted by atomic mass is 16.5. The van der Waals surface area contributed by atoms with Crippen molar-refractivity contribution in [3.05, 3.63) is 60.3 Å². The van der Waals surface area contributed by atoms with Gasteiger partial charge in [-0.05, 0) is 30.5 Å². The van der Waals surface area contributed by atoms with Gasteiger partial charge in [-0.2, -0.15) is 0 Å². The zero-order chi connectivity index (χ0) is 14.0. The molecule has 20 heavy (non-hydrogen) atoms. The van der Waals surface area contributed by atoms with E-state index >= 15 is 0 Å². The van der Waals surface area contributed by atoms with E-state index in [1.807, 2.05) is 18.2 Å². The highest BCUT2D eigenvalue weighted by Gasteiger charge is 2.03. The summed E-state index contributed by atoms with van der Waals surface area (Å²) in [6, 6.07) is 16.3. The molecular weight excluding hydrogens is 248 g/mol. The second-order valence-corrected chi connectivity index (χ2v) is 4.89. The Labute approximate surface area is 121 Å². The standard InChI is InChI=1S/C17H22N2O/c1-15(16-8-3-2-4-9-16)14-18-11-7-13-20-17-10-5-6-12-19-17/h2-6,8-10,12,15,18H,7,11,13-14H2,1H3. The molecule has 0 aliphatic carbocycles. The predicted molar refractivity (Wildman–Crippen MR) is 82.1 cm³/mol. The van der Waals surface area contributed by atoms with E-state index in [1.165, 1.54) is 5.56 Å². The molecule has 3 nitrogen and oxygen atoms in total. The van der Waals surface area contributed by atoms with Crippen molar-refractivity contribution in [2.45, 2.75) is 19.3 Å². The lowest BCUT2D eigenvalue weighted by Crippen LogP contribution is -2.22. The number of hydrogen-bond donors (Lipinski definition) is 1. The van der Waals surface area contributed by atoms with Gasteiger partial charge in [-0.15, -0.1) is 0 Å². The van der Waals surface area contributed by atoms with Gasteiger partial charge in [-0.25, -0.2) is 4.98 Å². The average molecular weight is 270 g/mol. The molecule has 0 radical (unpaired) electrons. The predicted octanol–water partition coefficient (Wildman–Crippen LogP) is 3.24. The first kappa shape index (κ1) is 14.5. The van der Waals surface area contributed by atoms with Crippen molar-refractivity contribution in [1.82, 2.24) is 10.3 Å². The summed E-state index contributed by atoms with van der Waals surface area (Å²) < 4.78 is 5.55. The van der Waals surface area contributed by atoms with E-state index < -0.39 is 0 Å². The van der Waals surface area contributed by atoms with E-state index in [9.17, 15) is 0 Å². The van der Waals surface area contributed by atoms with Gasteiger partial charge in [0.25, 0.3) is 0 Å². The van der Waals surface area contributed by atoms with Crippen molar-refractivity contribution < 1.29 is 4.74 Å². The molecule has 1 heterocycles. The maximum atomic E-state index is 5.55. The van der Waals surface area contributed by atoms with Crippen LogP contribution in [0.2, 0.25) is 0 Å². The first-order chi connectivity index (χ1) is 9.86. The third-order valence-electron chi connectivity index (χ3n) is 3.20. The van der Waals surface area contributed by atoms with Gasteiger partial charge in [0.05, 0.1) is 6.61 Å². The Morgan fingerprint density at radius 3 is 2.65 bits per heavy atom. The fourth-order valence-electron chi connectivity index (χ4n) is 2.02. The first-order valence-corrected chi connectivity index (χ1v) is 7.16. The fourth-order valence-corrected chi connectivity index (χ4v) is 2.02. The number of nitrogens with zero attached hydrogens (tertiary/aromatic N) is 1. The van der Waals surface area contributed by atoms with E-state index in [1.54, 1.807) is 6.20 Å². The van der Waals surface area contributed by atoms with Gasteiger partial charge in [0.2, 0.25) is 5.88 Å². The molecular formula is C17H22N2O. The van der Waals surface area contributed by atoms with Crippen molar-refractivity contribution in [1.29, 1.82) is 0 Å². The second-order valence-electron chi connectivity index (χ2n) is 4.89. The van der Waals surface area contributed by atoms with Crippen molar-refractivity contribution in [3.8, 4) is 5.88 Å². The average Bonchev–Trinajstić information content (AvgIpc) is 2.52. The lowest BCUT2D eigenvalue weighted by Gasteiger charge is -2.13. The van der Waals surface area contributed by atoms with Gasteiger partial charge in [0.15, 0.2) is 0 Å². The van der Waals surface area contributed by atoms with Crippen LogP contribution < -0.4 is 10.1 Å². The minimum atomic E-state index is 0.535. The van der Waals surface area contributed by atoms with Crippen LogP contribution in [0.5, 0.6) is 5.88 Å². The van der Waals surface area contributed by atoms with Crippen LogP contribution in [0.1, 0.15) is 24.8 Å². The summed E-state index contributed by atoms with van der Waals surface area (Å²) in [6.45, 7) is 4.90. The largest absolute Gasteiger partial charge is 0.478 e. The molecule has 1 atom stereocenters. The molecule has 2 rings (SSSR count). The topological polar surface area (TPSA) is 34.1 Å². The Hall–Kier alpha value is -1.87. The van der Waals surface area contributed by atoms with E-state index in [-0.39, 0.29) is 0 Å². The van der Waals surface area contributed by atoms with Crippen LogP contribution in [0.25, 0.3) is 0 Å². The molecule has 0 aliphatic heterocycles. The smallest absolute Gasteiger partial charge is 0.213 e. The quantitative estimate of drug-likeness (QED) is 0.748. The zero-order valence-electron chi connectivity index (χ0n) is 12.0. The molecule has 2 aromatic rings. The Morgan fingerprint density at radius 2 is 1.90 bits per heavy atom. The molecule has 0 saturated carbocycles. The number of ether oxygens (including phenoxy) is 1. The number of nitrogens with one attached hydrogen (secondary N) is 1. The molecule has 0 amide bonds. The molecule has 0 bridgehead atoms. The van der Waals surface area contributed by atoms with E-state index in [0.717, 1.165) is 19.5 Å². The van der Waals surface area contributed by atoms with Gasteiger partial charge >= 0.3 is 0 Å². The van der Waals surface area contributed by atoms with Gasteiger partial charge in [0, 0.05) is 18.8 Å². The molecule has 106 valence electrons. The third-order valence-corrected chi connectivity index (χ3v) is 3.20. The molecule has 0 spiro atoms. The number of benzene rings is 1. The van der Waals surface area contributed by atoms with Gasteiger partial charge in [-0.1, -0.05) is 43.3 Å². The zero-order valence-corrected chi connectivity index (χ0v) is 12.0. The van der Waals surface area contributed by atoms with Gasteiger partial charge in [0.1, 0.15) is 0 Å². The number of hydrogen-bond acceptors (Lipinski definition) is 3. The summed E-state index contributed by atoms with van der Waals surface area (Å²) in [5.74, 6) is 1.23. The molecule has 1 aromatic heterocycles. The molecule has 0 aliphatic rings. The van der Waals surface area contributed by atoms with Crippen LogP contribution in [-0.4, -0.2) is 24.7 Å². The summed E-state index contributed by atoms with van der Waals surface area (Å²) in [5, 5.41) is 3.47. The molecule has 1 aromatic carbocycles. The SMILES string of the molecule is CC(CNCCCOc1ccccn1)c1ccccc1. The minimum absolute atomic E-state index is 0.535. The fraction of sp³-hybridized carbons (Fsp3) is 0.353. The lowest BCUT2D eigenvalue weighted by molar-refractivity contribution is 0.296. The third kappa shape index (κ3) is 5.02. The Bertz CT molecular complexity index is 473. The van der Waals surface area contributed by atoms with Crippen LogP contribution in [0.4, 0.5) is 0 Å². The Balaban J connectivity index is 1.56. The normalized spacial score (nSPS) is 12.1. The van der Waals surface area contributed by atoms with Gasteiger partial charge < -0.3 is 10.1 Å². The Kier molecular flexibility index (Phi) is 6.06. The lowest BCUT2D eigenvalue weighted by atomic mass is 10.0. The van der Waals surface area contributed by atoms with Crippen LogP contribution in [0.3, 0.4) is 0 Å². The Morgan fingerprint density at radius 1 is 1.10 bits per heavy atom. The van der Waals surface area contributed by atoms with Crippen LogP contribution in [-0.2, 0) is 0 Å². The monoisotopic (exact) mass is 270 g/mol. The van der Waals surface area contributed by atoms with Crippen molar-refractivity contribution in [2.24, 2.45) is 0 Å². The summed E-state index contributed by atoms with van der Waals surface area (Å²) in [4.78, 5) is 4.12. The van der Waals surface area contributed by atoms with Gasteiger partial charge in [-0.3, -0.25) is 0 Å². The van der Waals surface area contributed by atoms with Crippen molar-refractivity contribution in [3.63, 3.8) is 0 Å². The van der Waals surface area contributed by atoms with Crippen molar-refractivity contribution >= 4 is 0 Å². The van der Waals surface area contributed by atoms with Crippen LogP contribution >= 0.6 is 0 Å². The second kappa shape index (κ2) is 8.33. The molecule has 1 unspecified atom stereocenters.